The Morgan fingerprint density at radius 3 is 2.43 bits per heavy atom. The highest BCUT2D eigenvalue weighted by Crippen LogP contribution is 2.33. The van der Waals surface area contributed by atoms with Crippen LogP contribution in [-0.4, -0.2) is 28.4 Å². The van der Waals surface area contributed by atoms with Crippen molar-refractivity contribution in [2.45, 2.75) is 6.17 Å². The average Bonchev–Trinajstić information content (AvgIpc) is 2.72. The zero-order valence-corrected chi connectivity index (χ0v) is 15.0. The first-order chi connectivity index (χ1) is 13.6. The number of nitrogens with one attached hydrogen (secondary N) is 2. The molecule has 0 saturated carbocycles. The first-order valence-corrected chi connectivity index (χ1v) is 8.93. The number of fused-ring (bicyclic) bond motifs is 1. The van der Waals surface area contributed by atoms with E-state index in [0.717, 1.165) is 11.3 Å². The molecule has 3 N–H and O–H groups in total. The Kier molecular flexibility index (Phi) is 4.68. The zero-order valence-electron chi connectivity index (χ0n) is 15.0. The molecule has 0 radical (unpaired) electrons. The van der Waals surface area contributed by atoms with Gasteiger partial charge >= 0.3 is 0 Å². The molecule has 3 aromatic rings. The first-order valence-electron chi connectivity index (χ1n) is 8.93. The summed E-state index contributed by atoms with van der Waals surface area (Å²) in [6, 6.07) is 23.2. The normalized spacial score (nSPS) is 15.5. The number of nitrogens with zero attached hydrogens (tertiary/aromatic N) is 1. The summed E-state index contributed by atoms with van der Waals surface area (Å²) < 4.78 is 0. The van der Waals surface area contributed by atoms with E-state index in [1.54, 1.807) is 30.3 Å². The number of aromatic hydroxyl groups is 1. The van der Waals surface area contributed by atoms with Gasteiger partial charge in [0.15, 0.2) is 0 Å². The number of amides is 2. The van der Waals surface area contributed by atoms with E-state index in [2.05, 4.69) is 10.6 Å². The smallest absolute Gasteiger partial charge is 0.258 e. The molecule has 0 fully saturated rings. The third kappa shape index (κ3) is 3.40. The summed E-state index contributed by atoms with van der Waals surface area (Å²) in [5.41, 5.74) is 2.44. The summed E-state index contributed by atoms with van der Waals surface area (Å²) in [6.07, 6.45) is -0.473. The number of phenolic OH excluding ortho intramolecular Hbond substituents is 1. The van der Waals surface area contributed by atoms with E-state index in [0.29, 0.717) is 11.3 Å². The molecule has 0 spiro atoms. The summed E-state index contributed by atoms with van der Waals surface area (Å²) in [5, 5.41) is 15.9. The second-order valence-corrected chi connectivity index (χ2v) is 6.50. The Hall–Kier alpha value is -3.80. The van der Waals surface area contributed by atoms with Crippen molar-refractivity contribution in [3.63, 3.8) is 0 Å². The molecule has 0 aromatic heterocycles. The van der Waals surface area contributed by atoms with E-state index < -0.39 is 12.1 Å². The molecule has 1 aliphatic rings. The molecule has 140 valence electrons. The Balaban J connectivity index is 1.63. The molecule has 0 unspecified atom stereocenters. The van der Waals surface area contributed by atoms with Crippen molar-refractivity contribution < 1.29 is 14.7 Å². The molecule has 1 heterocycles. The summed E-state index contributed by atoms with van der Waals surface area (Å²) >= 11 is 0. The number of hydrogen-bond donors (Lipinski definition) is 3. The van der Waals surface area contributed by atoms with Gasteiger partial charge in [-0.3, -0.25) is 9.59 Å². The molecular weight excluding hydrogens is 354 g/mol. The number of anilines is 2. The second kappa shape index (κ2) is 7.44. The largest absolute Gasteiger partial charge is 0.506 e. The lowest BCUT2D eigenvalue weighted by atomic mass is 10.0. The highest BCUT2D eigenvalue weighted by molar-refractivity contribution is 6.04. The summed E-state index contributed by atoms with van der Waals surface area (Å²) in [4.78, 5) is 27.2. The predicted octanol–water partition coefficient (Wildman–Crippen LogP) is 3.60. The molecule has 0 bridgehead atoms. The molecule has 6 heteroatoms. The fourth-order valence-corrected chi connectivity index (χ4v) is 3.28. The van der Waals surface area contributed by atoms with E-state index >= 15 is 0 Å². The van der Waals surface area contributed by atoms with Crippen molar-refractivity contribution in [3.05, 3.63) is 90.0 Å². The van der Waals surface area contributed by atoms with E-state index in [-0.39, 0.29) is 18.2 Å². The third-order valence-electron chi connectivity index (χ3n) is 4.63. The molecule has 0 aliphatic carbocycles. The molecule has 4 rings (SSSR count). The van der Waals surface area contributed by atoms with Gasteiger partial charge in [0.25, 0.3) is 5.91 Å². The van der Waals surface area contributed by atoms with Crippen LogP contribution in [0, 0.1) is 0 Å². The minimum Gasteiger partial charge on any atom is -0.506 e. The molecule has 3 aromatic carbocycles. The van der Waals surface area contributed by atoms with Crippen LogP contribution in [0.2, 0.25) is 0 Å². The molecule has 2 amide bonds. The lowest BCUT2D eigenvalue weighted by molar-refractivity contribution is -0.117. The van der Waals surface area contributed by atoms with Crippen LogP contribution < -0.4 is 10.6 Å². The molecule has 6 nitrogen and oxygen atoms in total. The fourth-order valence-electron chi connectivity index (χ4n) is 3.28. The fraction of sp³-hybridized carbons (Fsp3) is 0.0909. The van der Waals surface area contributed by atoms with Crippen molar-refractivity contribution in [1.29, 1.82) is 0 Å². The molecular formula is C22H19N3O3. The second-order valence-electron chi connectivity index (χ2n) is 6.50. The number of para-hydroxylation sites is 3. The van der Waals surface area contributed by atoms with E-state index in [4.69, 9.17) is 0 Å². The maximum absolute atomic E-state index is 13.1. The monoisotopic (exact) mass is 373 g/mol. The Morgan fingerprint density at radius 2 is 1.64 bits per heavy atom. The van der Waals surface area contributed by atoms with Crippen LogP contribution in [0.5, 0.6) is 5.75 Å². The number of hydrogen-bond acceptors (Lipinski definition) is 4. The van der Waals surface area contributed by atoms with Crippen LogP contribution in [0.4, 0.5) is 11.4 Å². The van der Waals surface area contributed by atoms with Gasteiger partial charge in [-0.25, -0.2) is 0 Å². The van der Waals surface area contributed by atoms with Crippen LogP contribution in [0.3, 0.4) is 0 Å². The topological polar surface area (TPSA) is 81.7 Å². The van der Waals surface area contributed by atoms with Gasteiger partial charge in [0, 0.05) is 5.69 Å². The van der Waals surface area contributed by atoms with Gasteiger partial charge in [-0.2, -0.15) is 0 Å². The van der Waals surface area contributed by atoms with Crippen LogP contribution in [0.25, 0.3) is 0 Å². The molecule has 1 atom stereocenters. The van der Waals surface area contributed by atoms with E-state index in [9.17, 15) is 14.7 Å². The summed E-state index contributed by atoms with van der Waals surface area (Å²) in [7, 11) is 0. The van der Waals surface area contributed by atoms with E-state index in [1.165, 1.54) is 11.0 Å². The van der Waals surface area contributed by atoms with Crippen molar-refractivity contribution >= 4 is 23.2 Å². The number of carbonyl (C=O) groups excluding carboxylic acids is 2. The lowest BCUT2D eigenvalue weighted by Gasteiger charge is -2.37. The average molecular weight is 373 g/mol. The number of carbonyl (C=O) groups is 2. The van der Waals surface area contributed by atoms with Crippen molar-refractivity contribution in [1.82, 2.24) is 4.90 Å². The number of phenols is 1. The zero-order chi connectivity index (χ0) is 19.5. The van der Waals surface area contributed by atoms with Crippen molar-refractivity contribution in [3.8, 4) is 5.75 Å². The van der Waals surface area contributed by atoms with Gasteiger partial charge in [0.2, 0.25) is 5.91 Å². The summed E-state index contributed by atoms with van der Waals surface area (Å²) in [6.45, 7) is -0.159. The quantitative estimate of drug-likeness (QED) is 0.611. The van der Waals surface area contributed by atoms with Crippen LogP contribution in [0.1, 0.15) is 22.1 Å². The van der Waals surface area contributed by atoms with E-state index in [1.807, 2.05) is 42.5 Å². The van der Waals surface area contributed by atoms with Gasteiger partial charge in [-0.15, -0.1) is 0 Å². The van der Waals surface area contributed by atoms with Crippen LogP contribution in [-0.2, 0) is 4.79 Å². The SMILES string of the molecule is O=C(CN1C(=O)c2ccccc2N[C@H]1c1ccccc1)Nc1ccccc1O. The van der Waals surface area contributed by atoms with Gasteiger partial charge in [0.05, 0.1) is 11.3 Å². The number of benzene rings is 3. The highest BCUT2D eigenvalue weighted by Gasteiger charge is 2.34. The Morgan fingerprint density at radius 1 is 0.964 bits per heavy atom. The van der Waals surface area contributed by atoms with Crippen LogP contribution in [0.15, 0.2) is 78.9 Å². The molecule has 1 aliphatic heterocycles. The number of rotatable bonds is 4. The lowest BCUT2D eigenvalue weighted by Crippen LogP contribution is -2.46. The Labute approximate surface area is 162 Å². The minimum absolute atomic E-state index is 0.0242. The first kappa shape index (κ1) is 17.6. The van der Waals surface area contributed by atoms with Gasteiger partial charge in [-0.05, 0) is 29.8 Å². The van der Waals surface area contributed by atoms with Gasteiger partial charge in [-0.1, -0.05) is 54.6 Å². The predicted molar refractivity (Wildman–Crippen MR) is 107 cm³/mol. The van der Waals surface area contributed by atoms with Gasteiger partial charge < -0.3 is 20.6 Å². The Bertz CT molecular complexity index is 1020. The standard InChI is InChI=1S/C22H19N3O3/c26-19-13-7-6-12-18(19)23-20(27)14-25-21(15-8-2-1-3-9-15)24-17-11-5-4-10-16(17)22(25)28/h1-13,21,24,26H,14H2,(H,23,27)/t21-/m1/s1. The van der Waals surface area contributed by atoms with Crippen molar-refractivity contribution in [2.75, 3.05) is 17.2 Å². The van der Waals surface area contributed by atoms with Crippen molar-refractivity contribution in [2.24, 2.45) is 0 Å². The maximum Gasteiger partial charge on any atom is 0.258 e. The summed E-state index contributed by atoms with van der Waals surface area (Å²) in [5.74, 6) is -0.642. The molecule has 28 heavy (non-hydrogen) atoms. The molecule has 0 saturated heterocycles. The minimum atomic E-state index is -0.473. The van der Waals surface area contributed by atoms with Crippen LogP contribution >= 0.6 is 0 Å². The highest BCUT2D eigenvalue weighted by atomic mass is 16.3. The maximum atomic E-state index is 13.1. The van der Waals surface area contributed by atoms with Gasteiger partial charge in [0.1, 0.15) is 18.5 Å². The third-order valence-corrected chi connectivity index (χ3v) is 4.63.